The molecule has 2 aromatic carbocycles. The van der Waals surface area contributed by atoms with E-state index in [1.807, 2.05) is 36.2 Å². The summed E-state index contributed by atoms with van der Waals surface area (Å²) in [6.45, 7) is 1.54. The molecular weight excluding hydrogens is 267 g/mol. The fourth-order valence-corrected chi connectivity index (χ4v) is 2.65. The Balaban J connectivity index is 2.06. The minimum Gasteiger partial charge on any atom is -0.384 e. The highest BCUT2D eigenvalue weighted by atomic mass is 19.1. The second-order valence-corrected chi connectivity index (χ2v) is 5.14. The zero-order chi connectivity index (χ0) is 15.0. The van der Waals surface area contributed by atoms with Gasteiger partial charge in [0.05, 0.1) is 17.1 Å². The highest BCUT2D eigenvalue weighted by molar-refractivity contribution is 5.95. The zero-order valence-electron chi connectivity index (χ0n) is 11.8. The van der Waals surface area contributed by atoms with E-state index in [-0.39, 0.29) is 11.7 Å². The molecule has 0 radical (unpaired) electrons. The number of para-hydroxylation sites is 2. The van der Waals surface area contributed by atoms with Gasteiger partial charge in [0.2, 0.25) is 0 Å². The molecule has 5 heteroatoms. The SMILES string of the molecule is CN1CCN(c2ccc(C(=N)N)cc2F)c2ccccc21. The first-order valence-electron chi connectivity index (χ1n) is 6.79. The molecule has 4 nitrogen and oxygen atoms in total. The van der Waals surface area contributed by atoms with E-state index in [2.05, 4.69) is 4.90 Å². The molecule has 0 bridgehead atoms. The summed E-state index contributed by atoms with van der Waals surface area (Å²) < 4.78 is 14.4. The molecule has 1 aliphatic heterocycles. The van der Waals surface area contributed by atoms with Crippen LogP contribution in [0.5, 0.6) is 0 Å². The van der Waals surface area contributed by atoms with Crippen LogP contribution in [0.2, 0.25) is 0 Å². The minimum absolute atomic E-state index is 0.126. The lowest BCUT2D eigenvalue weighted by atomic mass is 10.1. The van der Waals surface area contributed by atoms with Gasteiger partial charge < -0.3 is 15.5 Å². The number of nitrogens with zero attached hydrogens (tertiary/aromatic N) is 2. The van der Waals surface area contributed by atoms with E-state index >= 15 is 0 Å². The van der Waals surface area contributed by atoms with Crippen molar-refractivity contribution in [3.05, 3.63) is 53.8 Å². The van der Waals surface area contributed by atoms with E-state index in [0.717, 1.165) is 17.9 Å². The molecule has 1 heterocycles. The van der Waals surface area contributed by atoms with Gasteiger partial charge in [-0.3, -0.25) is 5.41 Å². The molecule has 1 aliphatic rings. The Morgan fingerprint density at radius 1 is 1.10 bits per heavy atom. The molecule has 0 atom stereocenters. The fourth-order valence-electron chi connectivity index (χ4n) is 2.65. The highest BCUT2D eigenvalue weighted by Crippen LogP contribution is 2.37. The number of rotatable bonds is 2. The van der Waals surface area contributed by atoms with Gasteiger partial charge in [-0.2, -0.15) is 0 Å². The Morgan fingerprint density at radius 2 is 1.81 bits per heavy atom. The summed E-state index contributed by atoms with van der Waals surface area (Å²) in [5.41, 5.74) is 8.39. The molecule has 0 fully saturated rings. The molecule has 0 saturated heterocycles. The van der Waals surface area contributed by atoms with Crippen molar-refractivity contribution in [2.75, 3.05) is 29.9 Å². The van der Waals surface area contributed by atoms with Crippen LogP contribution >= 0.6 is 0 Å². The molecule has 2 aromatic rings. The molecule has 0 aliphatic carbocycles. The van der Waals surface area contributed by atoms with Crippen LogP contribution in [-0.2, 0) is 0 Å². The minimum atomic E-state index is -0.359. The molecule has 3 rings (SSSR count). The number of halogens is 1. The van der Waals surface area contributed by atoms with E-state index in [1.165, 1.54) is 6.07 Å². The van der Waals surface area contributed by atoms with E-state index < -0.39 is 0 Å². The molecule has 21 heavy (non-hydrogen) atoms. The number of amidine groups is 1. The number of nitrogens with one attached hydrogen (secondary N) is 1. The molecule has 3 N–H and O–H groups in total. The van der Waals surface area contributed by atoms with Crippen LogP contribution in [0.25, 0.3) is 0 Å². The van der Waals surface area contributed by atoms with Crippen LogP contribution in [0.15, 0.2) is 42.5 Å². The number of nitrogens with two attached hydrogens (primary N) is 1. The number of benzene rings is 2. The van der Waals surface area contributed by atoms with Gasteiger partial charge in [-0.05, 0) is 30.3 Å². The van der Waals surface area contributed by atoms with Gasteiger partial charge >= 0.3 is 0 Å². The van der Waals surface area contributed by atoms with Crippen LogP contribution in [0, 0.1) is 11.2 Å². The predicted molar refractivity (Wildman–Crippen MR) is 84.1 cm³/mol. The van der Waals surface area contributed by atoms with Gasteiger partial charge in [0.1, 0.15) is 11.7 Å². The van der Waals surface area contributed by atoms with E-state index in [1.54, 1.807) is 12.1 Å². The number of hydrogen-bond donors (Lipinski definition) is 2. The van der Waals surface area contributed by atoms with E-state index in [9.17, 15) is 4.39 Å². The second-order valence-electron chi connectivity index (χ2n) is 5.14. The highest BCUT2D eigenvalue weighted by Gasteiger charge is 2.23. The van der Waals surface area contributed by atoms with Crippen molar-refractivity contribution in [1.82, 2.24) is 0 Å². The molecule has 0 aromatic heterocycles. The Hall–Kier alpha value is -2.56. The first-order chi connectivity index (χ1) is 10.1. The molecule has 108 valence electrons. The molecule has 0 amide bonds. The third kappa shape index (κ3) is 2.31. The largest absolute Gasteiger partial charge is 0.384 e. The maximum atomic E-state index is 14.4. The standard InChI is InChI=1S/C16H17FN4/c1-20-8-9-21(15-5-3-2-4-14(15)20)13-7-6-11(16(18)19)10-12(13)17/h2-7,10H,8-9H2,1H3,(H3,18,19). The lowest BCUT2D eigenvalue weighted by Gasteiger charge is -2.37. The summed E-state index contributed by atoms with van der Waals surface area (Å²) in [6.07, 6.45) is 0. The van der Waals surface area contributed by atoms with Crippen LogP contribution in [0.4, 0.5) is 21.5 Å². The summed E-state index contributed by atoms with van der Waals surface area (Å²) >= 11 is 0. The summed E-state index contributed by atoms with van der Waals surface area (Å²) in [6, 6.07) is 12.6. The van der Waals surface area contributed by atoms with Crippen molar-refractivity contribution in [3.8, 4) is 0 Å². The maximum Gasteiger partial charge on any atom is 0.147 e. The van der Waals surface area contributed by atoms with Crippen LogP contribution in [0.1, 0.15) is 5.56 Å². The lowest BCUT2D eigenvalue weighted by molar-refractivity contribution is 0.623. The summed E-state index contributed by atoms with van der Waals surface area (Å²) in [7, 11) is 2.03. The maximum absolute atomic E-state index is 14.4. The Bertz CT molecular complexity index is 698. The summed E-state index contributed by atoms with van der Waals surface area (Å²) in [4.78, 5) is 4.13. The molecule has 0 spiro atoms. The number of likely N-dealkylation sites (N-methyl/N-ethyl adjacent to an activating group) is 1. The van der Waals surface area contributed by atoms with Gasteiger partial charge in [-0.1, -0.05) is 12.1 Å². The van der Waals surface area contributed by atoms with Crippen molar-refractivity contribution < 1.29 is 4.39 Å². The molecule has 0 saturated carbocycles. The average molecular weight is 284 g/mol. The lowest BCUT2D eigenvalue weighted by Crippen LogP contribution is -2.36. The third-order valence-electron chi connectivity index (χ3n) is 3.79. The topological polar surface area (TPSA) is 56.4 Å². The van der Waals surface area contributed by atoms with Crippen molar-refractivity contribution >= 4 is 22.9 Å². The van der Waals surface area contributed by atoms with Crippen LogP contribution < -0.4 is 15.5 Å². The smallest absolute Gasteiger partial charge is 0.147 e. The Morgan fingerprint density at radius 3 is 2.48 bits per heavy atom. The van der Waals surface area contributed by atoms with Gasteiger partial charge in [0, 0.05) is 25.7 Å². The van der Waals surface area contributed by atoms with Crippen molar-refractivity contribution in [2.45, 2.75) is 0 Å². The molecule has 0 unspecified atom stereocenters. The number of anilines is 3. The number of nitrogen functional groups attached to an aromatic ring is 1. The van der Waals surface area contributed by atoms with E-state index in [4.69, 9.17) is 11.1 Å². The number of fused-ring (bicyclic) bond motifs is 1. The van der Waals surface area contributed by atoms with Gasteiger partial charge in [-0.15, -0.1) is 0 Å². The van der Waals surface area contributed by atoms with Gasteiger partial charge in [0.15, 0.2) is 0 Å². The quantitative estimate of drug-likeness (QED) is 0.658. The first kappa shape index (κ1) is 13.4. The van der Waals surface area contributed by atoms with Crippen LogP contribution in [0.3, 0.4) is 0 Å². The monoisotopic (exact) mass is 284 g/mol. The summed E-state index contributed by atoms with van der Waals surface area (Å²) in [5.74, 6) is -0.485. The van der Waals surface area contributed by atoms with Crippen molar-refractivity contribution in [2.24, 2.45) is 5.73 Å². The van der Waals surface area contributed by atoms with Crippen molar-refractivity contribution in [3.63, 3.8) is 0 Å². The first-order valence-corrected chi connectivity index (χ1v) is 6.79. The van der Waals surface area contributed by atoms with Gasteiger partial charge in [-0.25, -0.2) is 4.39 Å². The van der Waals surface area contributed by atoms with Crippen LogP contribution in [-0.4, -0.2) is 26.0 Å². The zero-order valence-corrected chi connectivity index (χ0v) is 11.8. The van der Waals surface area contributed by atoms with Gasteiger partial charge in [0.25, 0.3) is 0 Å². The summed E-state index contributed by atoms with van der Waals surface area (Å²) in [5, 5.41) is 7.38. The number of hydrogen-bond acceptors (Lipinski definition) is 3. The third-order valence-corrected chi connectivity index (χ3v) is 3.79. The average Bonchev–Trinajstić information content (AvgIpc) is 2.48. The molecular formula is C16H17FN4. The Kier molecular flexibility index (Phi) is 3.25. The second kappa shape index (κ2) is 5.09. The Labute approximate surface area is 123 Å². The normalized spacial score (nSPS) is 14.0. The fraction of sp³-hybridized carbons (Fsp3) is 0.188. The van der Waals surface area contributed by atoms with Crippen molar-refractivity contribution in [1.29, 1.82) is 5.41 Å². The van der Waals surface area contributed by atoms with E-state index in [0.29, 0.717) is 17.8 Å². The predicted octanol–water partition coefficient (Wildman–Crippen LogP) is 2.70.